The Labute approximate surface area is 110 Å². The van der Waals surface area contributed by atoms with E-state index in [1.54, 1.807) is 4.31 Å². The molecule has 0 aromatic rings. The van der Waals surface area contributed by atoms with Crippen molar-refractivity contribution in [1.29, 1.82) is 0 Å². The molecule has 1 saturated heterocycles. The molecule has 1 saturated carbocycles. The highest BCUT2D eigenvalue weighted by Gasteiger charge is 2.25. The highest BCUT2D eigenvalue weighted by Crippen LogP contribution is 2.22. The molecule has 0 amide bonds. The Morgan fingerprint density at radius 2 is 1.67 bits per heavy atom. The van der Waals surface area contributed by atoms with Crippen LogP contribution in [0.3, 0.4) is 0 Å². The molecule has 1 aliphatic heterocycles. The molecule has 5 nitrogen and oxygen atoms in total. The molecule has 3 N–H and O–H groups in total. The second-order valence-corrected chi connectivity index (χ2v) is 7.35. The van der Waals surface area contributed by atoms with Crippen molar-refractivity contribution in [3.8, 4) is 0 Å². The van der Waals surface area contributed by atoms with Gasteiger partial charge in [0.25, 0.3) is 10.2 Å². The minimum absolute atomic E-state index is 0.319. The number of nitrogens with two attached hydrogens (primary N) is 1. The van der Waals surface area contributed by atoms with Gasteiger partial charge in [0, 0.05) is 25.7 Å². The summed E-state index contributed by atoms with van der Waals surface area (Å²) in [7, 11) is -3.24. The minimum atomic E-state index is -3.24. The number of hydrogen-bond donors (Lipinski definition) is 2. The van der Waals surface area contributed by atoms with Gasteiger partial charge < -0.3 is 5.73 Å². The standard InChI is InChI=1S/C12H25N3O2S/c13-12-6-4-11(5-7-12)10-14-18(16,17)15-8-2-1-3-9-15/h11-12,14H,1-10,13H2. The number of hydrogen-bond acceptors (Lipinski definition) is 3. The smallest absolute Gasteiger partial charge is 0.279 e. The van der Waals surface area contributed by atoms with Crippen LogP contribution in [0.5, 0.6) is 0 Å². The molecule has 106 valence electrons. The average molecular weight is 275 g/mol. The van der Waals surface area contributed by atoms with Crippen molar-refractivity contribution in [3.63, 3.8) is 0 Å². The van der Waals surface area contributed by atoms with Gasteiger partial charge in [-0.2, -0.15) is 12.7 Å². The van der Waals surface area contributed by atoms with Crippen LogP contribution in [0.15, 0.2) is 0 Å². The monoisotopic (exact) mass is 275 g/mol. The third-order valence-electron chi connectivity index (χ3n) is 4.10. The zero-order chi connectivity index (χ0) is 13.0. The first-order valence-corrected chi connectivity index (χ1v) is 8.52. The second-order valence-electron chi connectivity index (χ2n) is 5.59. The Hall–Kier alpha value is -0.170. The SMILES string of the molecule is NC1CCC(CNS(=O)(=O)N2CCCCC2)CC1. The Morgan fingerprint density at radius 1 is 1.06 bits per heavy atom. The lowest BCUT2D eigenvalue weighted by Gasteiger charge is -2.29. The van der Waals surface area contributed by atoms with E-state index in [1.807, 2.05) is 0 Å². The topological polar surface area (TPSA) is 75.4 Å². The first kappa shape index (κ1) is 14.2. The van der Waals surface area contributed by atoms with Gasteiger partial charge >= 0.3 is 0 Å². The summed E-state index contributed by atoms with van der Waals surface area (Å²) >= 11 is 0. The molecule has 2 rings (SSSR count). The molecule has 0 bridgehead atoms. The van der Waals surface area contributed by atoms with Crippen LogP contribution in [0.25, 0.3) is 0 Å². The molecule has 1 heterocycles. The summed E-state index contributed by atoms with van der Waals surface area (Å²) in [6.07, 6.45) is 7.25. The highest BCUT2D eigenvalue weighted by molar-refractivity contribution is 7.87. The van der Waals surface area contributed by atoms with E-state index in [4.69, 9.17) is 5.73 Å². The van der Waals surface area contributed by atoms with Crippen molar-refractivity contribution in [1.82, 2.24) is 9.03 Å². The van der Waals surface area contributed by atoms with Gasteiger partial charge in [0.05, 0.1) is 0 Å². The summed E-state index contributed by atoms with van der Waals surface area (Å²) in [5, 5.41) is 0. The van der Waals surface area contributed by atoms with Gasteiger partial charge in [-0.15, -0.1) is 0 Å². The van der Waals surface area contributed by atoms with Crippen LogP contribution < -0.4 is 10.5 Å². The van der Waals surface area contributed by atoms with Gasteiger partial charge in [0.1, 0.15) is 0 Å². The van der Waals surface area contributed by atoms with E-state index in [0.29, 0.717) is 31.6 Å². The average Bonchev–Trinajstić information content (AvgIpc) is 2.39. The van der Waals surface area contributed by atoms with Crippen molar-refractivity contribution in [2.24, 2.45) is 11.7 Å². The number of piperidine rings is 1. The first-order valence-electron chi connectivity index (χ1n) is 7.08. The van der Waals surface area contributed by atoms with Crippen LogP contribution in [0.1, 0.15) is 44.9 Å². The van der Waals surface area contributed by atoms with E-state index in [1.165, 1.54) is 0 Å². The molecule has 0 unspecified atom stereocenters. The summed E-state index contributed by atoms with van der Waals surface area (Å²) in [6.45, 7) is 1.92. The molecule has 0 aromatic heterocycles. The molecule has 6 heteroatoms. The molecular weight excluding hydrogens is 250 g/mol. The normalized spacial score (nSPS) is 31.4. The van der Waals surface area contributed by atoms with E-state index in [9.17, 15) is 8.42 Å². The van der Waals surface area contributed by atoms with Gasteiger partial charge in [-0.1, -0.05) is 6.42 Å². The molecule has 2 fully saturated rings. The van der Waals surface area contributed by atoms with E-state index in [-0.39, 0.29) is 0 Å². The number of nitrogens with zero attached hydrogens (tertiary/aromatic N) is 1. The summed E-state index contributed by atoms with van der Waals surface area (Å²) in [5.74, 6) is 0.462. The van der Waals surface area contributed by atoms with Crippen molar-refractivity contribution < 1.29 is 8.42 Å². The van der Waals surface area contributed by atoms with Crippen LogP contribution >= 0.6 is 0 Å². The second kappa shape index (κ2) is 6.32. The molecule has 2 aliphatic rings. The van der Waals surface area contributed by atoms with Crippen LogP contribution in [0, 0.1) is 5.92 Å². The summed E-state index contributed by atoms with van der Waals surface area (Å²) in [6, 6.07) is 0.319. The van der Waals surface area contributed by atoms with E-state index < -0.39 is 10.2 Å². The molecule has 0 aromatic carbocycles. The molecule has 0 radical (unpaired) electrons. The van der Waals surface area contributed by atoms with Crippen LogP contribution in [-0.2, 0) is 10.2 Å². The van der Waals surface area contributed by atoms with Gasteiger partial charge in [0.2, 0.25) is 0 Å². The molecular formula is C12H25N3O2S. The predicted octanol–water partition coefficient (Wildman–Crippen LogP) is 0.824. The van der Waals surface area contributed by atoms with Crippen LogP contribution in [0.2, 0.25) is 0 Å². The zero-order valence-corrected chi connectivity index (χ0v) is 11.8. The summed E-state index contributed by atoms with van der Waals surface area (Å²) < 4.78 is 28.5. The van der Waals surface area contributed by atoms with Crippen molar-refractivity contribution in [3.05, 3.63) is 0 Å². The Balaban J connectivity index is 1.77. The maximum absolute atomic E-state index is 12.1. The summed E-state index contributed by atoms with van der Waals surface area (Å²) in [5.41, 5.74) is 5.85. The third kappa shape index (κ3) is 3.91. The molecule has 0 spiro atoms. The number of nitrogens with one attached hydrogen (secondary N) is 1. The molecule has 18 heavy (non-hydrogen) atoms. The van der Waals surface area contributed by atoms with Crippen molar-refractivity contribution in [2.45, 2.75) is 51.0 Å². The maximum Gasteiger partial charge on any atom is 0.279 e. The lowest BCUT2D eigenvalue weighted by atomic mass is 9.87. The maximum atomic E-state index is 12.1. The fraction of sp³-hybridized carbons (Fsp3) is 1.00. The number of rotatable bonds is 4. The lowest BCUT2D eigenvalue weighted by molar-refractivity contribution is 0.314. The van der Waals surface area contributed by atoms with Crippen molar-refractivity contribution >= 4 is 10.2 Å². The Bertz CT molecular complexity index is 344. The zero-order valence-electron chi connectivity index (χ0n) is 11.0. The van der Waals surface area contributed by atoms with Crippen molar-refractivity contribution in [2.75, 3.05) is 19.6 Å². The Kier molecular flexibility index (Phi) is 5.00. The lowest BCUT2D eigenvalue weighted by Crippen LogP contribution is -2.45. The van der Waals surface area contributed by atoms with Crippen LogP contribution in [-0.4, -0.2) is 38.4 Å². The molecule has 0 atom stereocenters. The third-order valence-corrected chi connectivity index (χ3v) is 5.68. The van der Waals surface area contributed by atoms with Gasteiger partial charge in [0.15, 0.2) is 0 Å². The largest absolute Gasteiger partial charge is 0.328 e. The van der Waals surface area contributed by atoms with Gasteiger partial charge in [-0.05, 0) is 44.4 Å². The van der Waals surface area contributed by atoms with E-state index in [0.717, 1.165) is 44.9 Å². The quantitative estimate of drug-likeness (QED) is 0.798. The fourth-order valence-corrected chi connectivity index (χ4v) is 4.18. The fourth-order valence-electron chi connectivity index (χ4n) is 2.81. The van der Waals surface area contributed by atoms with Gasteiger partial charge in [-0.3, -0.25) is 0 Å². The van der Waals surface area contributed by atoms with E-state index in [2.05, 4.69) is 4.72 Å². The highest BCUT2D eigenvalue weighted by atomic mass is 32.2. The Morgan fingerprint density at radius 3 is 2.28 bits per heavy atom. The minimum Gasteiger partial charge on any atom is -0.328 e. The summed E-state index contributed by atoms with van der Waals surface area (Å²) in [4.78, 5) is 0. The predicted molar refractivity (Wildman–Crippen MR) is 72.3 cm³/mol. The molecule has 1 aliphatic carbocycles. The van der Waals surface area contributed by atoms with Gasteiger partial charge in [-0.25, -0.2) is 4.72 Å². The van der Waals surface area contributed by atoms with E-state index >= 15 is 0 Å². The van der Waals surface area contributed by atoms with Crippen LogP contribution in [0.4, 0.5) is 0 Å². The first-order chi connectivity index (χ1) is 8.58.